The number of ether oxygens (including phenoxy) is 1. The highest BCUT2D eigenvalue weighted by atomic mass is 35.5. The van der Waals surface area contributed by atoms with Gasteiger partial charge in [-0.05, 0) is 36.2 Å². The molecule has 1 aromatic heterocycles. The predicted molar refractivity (Wildman–Crippen MR) is 122 cm³/mol. The van der Waals surface area contributed by atoms with Crippen LogP contribution in [0.25, 0.3) is 16.8 Å². The van der Waals surface area contributed by atoms with E-state index in [1.807, 2.05) is 78.4 Å². The van der Waals surface area contributed by atoms with Crippen LogP contribution < -0.4 is 9.64 Å². The number of halogens is 1. The average Bonchev–Trinajstić information content (AvgIpc) is 3.37. The van der Waals surface area contributed by atoms with Gasteiger partial charge in [-0.1, -0.05) is 48.0 Å². The molecule has 31 heavy (non-hydrogen) atoms. The Kier molecular flexibility index (Phi) is 4.75. The molecule has 0 N–H and O–H groups in total. The van der Waals surface area contributed by atoms with E-state index >= 15 is 0 Å². The van der Waals surface area contributed by atoms with Crippen molar-refractivity contribution in [3.05, 3.63) is 95.0 Å². The third kappa shape index (κ3) is 3.27. The molecule has 6 heteroatoms. The number of rotatable bonds is 4. The second kappa shape index (κ2) is 7.60. The van der Waals surface area contributed by atoms with Crippen molar-refractivity contribution >= 4 is 23.2 Å². The van der Waals surface area contributed by atoms with Crippen molar-refractivity contribution in [3.63, 3.8) is 0 Å². The third-order valence-corrected chi connectivity index (χ3v) is 5.90. The molecular weight excluding hydrogens is 410 g/mol. The Balaban J connectivity index is 1.55. The molecule has 0 saturated carbocycles. The van der Waals surface area contributed by atoms with Gasteiger partial charge in [-0.3, -0.25) is 4.79 Å². The van der Waals surface area contributed by atoms with Gasteiger partial charge in [-0.2, -0.15) is 0 Å². The summed E-state index contributed by atoms with van der Waals surface area (Å²) < 4.78 is 7.54. The number of benzene rings is 3. The fraction of sp³-hybridized carbons (Fsp3) is 0.120. The molecule has 0 unspecified atom stereocenters. The minimum Gasteiger partial charge on any atom is -0.494 e. The molecule has 2 heterocycles. The summed E-state index contributed by atoms with van der Waals surface area (Å²) in [7, 11) is 1.63. The van der Waals surface area contributed by atoms with Crippen molar-refractivity contribution in [1.82, 2.24) is 9.55 Å². The molecule has 4 aromatic rings. The summed E-state index contributed by atoms with van der Waals surface area (Å²) in [6.07, 6.45) is 3.68. The van der Waals surface area contributed by atoms with Gasteiger partial charge in [0, 0.05) is 28.5 Å². The Morgan fingerprint density at radius 1 is 1.03 bits per heavy atom. The van der Waals surface area contributed by atoms with Gasteiger partial charge in [0.25, 0.3) is 5.91 Å². The van der Waals surface area contributed by atoms with Crippen LogP contribution in [0.3, 0.4) is 0 Å². The lowest BCUT2D eigenvalue weighted by Gasteiger charge is -2.19. The number of nitrogens with zero attached hydrogens (tertiary/aromatic N) is 3. The van der Waals surface area contributed by atoms with E-state index in [-0.39, 0.29) is 5.91 Å². The predicted octanol–water partition coefficient (Wildman–Crippen LogP) is 5.67. The molecule has 1 aliphatic rings. The number of methoxy groups -OCH3 is 1. The lowest BCUT2D eigenvalue weighted by molar-refractivity contribution is 0.0997. The first-order valence-corrected chi connectivity index (χ1v) is 10.3. The van der Waals surface area contributed by atoms with E-state index in [1.54, 1.807) is 18.3 Å². The molecule has 0 saturated heterocycles. The van der Waals surface area contributed by atoms with E-state index in [4.69, 9.17) is 16.3 Å². The van der Waals surface area contributed by atoms with Crippen molar-refractivity contribution in [1.29, 1.82) is 0 Å². The molecule has 154 valence electrons. The zero-order valence-corrected chi connectivity index (χ0v) is 17.9. The molecule has 0 fully saturated rings. The quantitative estimate of drug-likeness (QED) is 0.420. The first-order chi connectivity index (χ1) is 15.1. The Morgan fingerprint density at radius 2 is 1.84 bits per heavy atom. The van der Waals surface area contributed by atoms with E-state index in [9.17, 15) is 4.79 Å². The van der Waals surface area contributed by atoms with Crippen LogP contribution in [-0.2, 0) is 6.54 Å². The normalized spacial score (nSPS) is 12.9. The average molecular weight is 430 g/mol. The van der Waals surface area contributed by atoms with Crippen LogP contribution in [-0.4, -0.2) is 22.6 Å². The number of amides is 1. The Bertz CT molecular complexity index is 1310. The lowest BCUT2D eigenvalue weighted by Crippen LogP contribution is -2.23. The highest BCUT2D eigenvalue weighted by molar-refractivity contribution is 6.33. The second-order valence-corrected chi connectivity index (χ2v) is 7.90. The van der Waals surface area contributed by atoms with Crippen LogP contribution >= 0.6 is 11.6 Å². The maximum absolute atomic E-state index is 13.5. The summed E-state index contributed by atoms with van der Waals surface area (Å²) in [6.45, 7) is 2.44. The van der Waals surface area contributed by atoms with Crippen molar-refractivity contribution in [2.45, 2.75) is 13.5 Å². The maximum atomic E-state index is 13.5. The van der Waals surface area contributed by atoms with E-state index in [0.29, 0.717) is 22.9 Å². The number of anilines is 1. The zero-order valence-electron chi connectivity index (χ0n) is 17.2. The molecule has 1 aliphatic heterocycles. The maximum Gasteiger partial charge on any atom is 0.259 e. The Hall–Kier alpha value is -3.57. The van der Waals surface area contributed by atoms with Crippen molar-refractivity contribution in [2.75, 3.05) is 12.0 Å². The molecule has 0 atom stereocenters. The summed E-state index contributed by atoms with van der Waals surface area (Å²) >= 11 is 6.43. The summed E-state index contributed by atoms with van der Waals surface area (Å²) in [5.41, 5.74) is 5.96. The molecule has 5 rings (SSSR count). The van der Waals surface area contributed by atoms with Gasteiger partial charge in [0.2, 0.25) is 0 Å². The minimum absolute atomic E-state index is 0.0428. The van der Waals surface area contributed by atoms with Gasteiger partial charge in [-0.25, -0.2) is 4.98 Å². The van der Waals surface area contributed by atoms with Crippen molar-refractivity contribution in [2.24, 2.45) is 0 Å². The van der Waals surface area contributed by atoms with E-state index < -0.39 is 0 Å². The van der Waals surface area contributed by atoms with Crippen molar-refractivity contribution < 1.29 is 9.53 Å². The number of carbonyl (C=O) groups is 1. The van der Waals surface area contributed by atoms with Crippen LogP contribution in [0.2, 0.25) is 5.02 Å². The molecular formula is C25H20ClN3O2. The van der Waals surface area contributed by atoms with Gasteiger partial charge in [-0.15, -0.1) is 0 Å². The minimum atomic E-state index is -0.0428. The Labute approximate surface area is 185 Å². The molecule has 0 spiro atoms. The monoisotopic (exact) mass is 429 g/mol. The largest absolute Gasteiger partial charge is 0.494 e. The third-order valence-electron chi connectivity index (χ3n) is 5.57. The first-order valence-electron chi connectivity index (χ1n) is 9.94. The van der Waals surface area contributed by atoms with Gasteiger partial charge >= 0.3 is 0 Å². The Morgan fingerprint density at radius 3 is 2.58 bits per heavy atom. The van der Waals surface area contributed by atoms with Crippen LogP contribution in [0.4, 0.5) is 5.69 Å². The molecule has 1 amide bonds. The molecule has 0 bridgehead atoms. The zero-order chi connectivity index (χ0) is 21.5. The second-order valence-electron chi connectivity index (χ2n) is 7.49. The number of hydrogen-bond donors (Lipinski definition) is 0. The molecule has 5 nitrogen and oxygen atoms in total. The van der Waals surface area contributed by atoms with E-state index in [0.717, 1.165) is 33.8 Å². The standard InChI is InChI=1S/C25H20ClN3O2/c1-16-13-28(15-27-16)22-11-10-18(12-23(22)31-2)29-14-17-6-5-8-20(24(17)25(29)30)19-7-3-4-9-21(19)26/h3-13,15H,14H2,1-2H3. The molecule has 3 aromatic carbocycles. The van der Waals surface area contributed by atoms with Gasteiger partial charge < -0.3 is 14.2 Å². The first kappa shape index (κ1) is 19.4. The fourth-order valence-corrected chi connectivity index (χ4v) is 4.31. The summed E-state index contributed by atoms with van der Waals surface area (Å²) in [4.78, 5) is 19.5. The van der Waals surface area contributed by atoms with E-state index in [1.165, 1.54) is 0 Å². The van der Waals surface area contributed by atoms with Crippen LogP contribution in [0.1, 0.15) is 21.6 Å². The number of hydrogen-bond acceptors (Lipinski definition) is 3. The van der Waals surface area contributed by atoms with Crippen LogP contribution in [0, 0.1) is 6.92 Å². The topological polar surface area (TPSA) is 47.4 Å². The van der Waals surface area contributed by atoms with Crippen LogP contribution in [0.15, 0.2) is 73.2 Å². The number of imidazole rings is 1. The highest BCUT2D eigenvalue weighted by Gasteiger charge is 2.32. The fourth-order valence-electron chi connectivity index (χ4n) is 4.07. The van der Waals surface area contributed by atoms with Gasteiger partial charge in [0.15, 0.2) is 0 Å². The van der Waals surface area contributed by atoms with Crippen molar-refractivity contribution in [3.8, 4) is 22.6 Å². The molecule has 0 aliphatic carbocycles. The highest BCUT2D eigenvalue weighted by Crippen LogP contribution is 2.39. The summed E-state index contributed by atoms with van der Waals surface area (Å²) in [5.74, 6) is 0.629. The number of carbonyl (C=O) groups excluding carboxylic acids is 1. The van der Waals surface area contributed by atoms with Crippen LogP contribution in [0.5, 0.6) is 5.75 Å². The van der Waals surface area contributed by atoms with Gasteiger partial charge in [0.05, 0.1) is 36.9 Å². The summed E-state index contributed by atoms with van der Waals surface area (Å²) in [5, 5.41) is 0.629. The smallest absolute Gasteiger partial charge is 0.259 e. The van der Waals surface area contributed by atoms with E-state index in [2.05, 4.69) is 4.98 Å². The molecule has 0 radical (unpaired) electrons. The lowest BCUT2D eigenvalue weighted by atomic mass is 9.97. The number of fused-ring (bicyclic) bond motifs is 1. The number of aryl methyl sites for hydroxylation is 1. The van der Waals surface area contributed by atoms with Gasteiger partial charge in [0.1, 0.15) is 5.75 Å². The SMILES string of the molecule is COc1cc(N2Cc3cccc(-c4ccccc4Cl)c3C2=O)ccc1-n1cnc(C)c1. The summed E-state index contributed by atoms with van der Waals surface area (Å²) in [6, 6.07) is 19.3. The number of aromatic nitrogens is 2.